The summed E-state index contributed by atoms with van der Waals surface area (Å²) in [6.07, 6.45) is 1.59. The summed E-state index contributed by atoms with van der Waals surface area (Å²) in [6.45, 7) is 5.62. The number of hydrogen-bond donors (Lipinski definition) is 1. The average Bonchev–Trinajstić information content (AvgIpc) is 2.48. The molecule has 0 saturated carbocycles. The average molecular weight is 334 g/mol. The minimum atomic E-state index is -3.74. The molecule has 0 aromatic heterocycles. The number of rotatable bonds is 4. The molecule has 1 atom stereocenters. The summed E-state index contributed by atoms with van der Waals surface area (Å²) in [5.74, 6) is 0.916. The molecule has 1 N–H and O–H groups in total. The molecule has 0 spiro atoms. The Morgan fingerprint density at radius 3 is 2.43 bits per heavy atom. The molecule has 0 saturated heterocycles. The Bertz CT molecular complexity index is 812. The van der Waals surface area contributed by atoms with Crippen LogP contribution < -0.4 is 0 Å². The van der Waals surface area contributed by atoms with Crippen LogP contribution in [0.25, 0.3) is 17.2 Å². The molecule has 0 amide bonds. The molecule has 3 nitrogen and oxygen atoms in total. The quantitative estimate of drug-likeness (QED) is 0.780. The van der Waals surface area contributed by atoms with Gasteiger partial charge in [0, 0.05) is 12.9 Å². The number of aryl methyl sites for hydroxylation is 3. The highest BCUT2D eigenvalue weighted by atomic mass is 31.2. The maximum Gasteiger partial charge on any atom is 0.351 e. The molecule has 0 aliphatic rings. The highest BCUT2D eigenvalue weighted by Gasteiger charge is 2.14. The van der Waals surface area contributed by atoms with E-state index in [4.69, 9.17) is 0 Å². The van der Waals surface area contributed by atoms with Gasteiger partial charge in [0.25, 0.3) is 0 Å². The van der Waals surface area contributed by atoms with E-state index in [1.165, 1.54) is 19.0 Å². The van der Waals surface area contributed by atoms with E-state index in [0.717, 1.165) is 27.8 Å². The minimum absolute atomic E-state index is 0.255. The molecule has 2 aromatic rings. The maximum absolute atomic E-state index is 13.5. The summed E-state index contributed by atoms with van der Waals surface area (Å²) < 4.78 is 29.8. The van der Waals surface area contributed by atoms with Crippen molar-refractivity contribution in [2.24, 2.45) is 0 Å². The zero-order chi connectivity index (χ0) is 17.2. The van der Waals surface area contributed by atoms with E-state index in [0.29, 0.717) is 5.56 Å². The molecule has 122 valence electrons. The number of halogens is 1. The summed E-state index contributed by atoms with van der Waals surface area (Å²) in [5.41, 5.74) is 5.15. The van der Waals surface area contributed by atoms with Crippen LogP contribution in [0.1, 0.15) is 22.3 Å². The van der Waals surface area contributed by atoms with E-state index in [9.17, 15) is 13.8 Å². The third kappa shape index (κ3) is 4.17. The van der Waals surface area contributed by atoms with Crippen molar-refractivity contribution in [3.8, 4) is 11.1 Å². The fourth-order valence-corrected chi connectivity index (χ4v) is 2.94. The molecule has 2 rings (SSSR count). The summed E-state index contributed by atoms with van der Waals surface area (Å²) in [5, 5.41) is 0. The van der Waals surface area contributed by atoms with E-state index in [1.807, 2.05) is 26.0 Å². The van der Waals surface area contributed by atoms with Crippen molar-refractivity contribution in [2.75, 3.05) is 7.11 Å². The van der Waals surface area contributed by atoms with E-state index in [-0.39, 0.29) is 5.82 Å². The van der Waals surface area contributed by atoms with Gasteiger partial charge < -0.3 is 9.42 Å². The van der Waals surface area contributed by atoms with Gasteiger partial charge in [-0.25, -0.2) is 4.39 Å². The van der Waals surface area contributed by atoms with Crippen molar-refractivity contribution in [3.05, 3.63) is 64.2 Å². The highest BCUT2D eigenvalue weighted by molar-refractivity contribution is 7.56. The van der Waals surface area contributed by atoms with E-state index < -0.39 is 7.60 Å². The van der Waals surface area contributed by atoms with E-state index in [2.05, 4.69) is 4.52 Å². The number of hydrogen-bond acceptors (Lipinski definition) is 2. The molecule has 0 aliphatic heterocycles. The monoisotopic (exact) mass is 334 g/mol. The van der Waals surface area contributed by atoms with Gasteiger partial charge >= 0.3 is 7.60 Å². The lowest BCUT2D eigenvalue weighted by Crippen LogP contribution is -1.92. The molecule has 0 radical (unpaired) electrons. The van der Waals surface area contributed by atoms with Crippen molar-refractivity contribution < 1.29 is 18.4 Å². The first-order valence-electron chi connectivity index (χ1n) is 7.19. The van der Waals surface area contributed by atoms with Crippen molar-refractivity contribution in [1.29, 1.82) is 0 Å². The van der Waals surface area contributed by atoms with Gasteiger partial charge in [-0.05, 0) is 66.8 Å². The molecule has 1 unspecified atom stereocenters. The first-order valence-corrected chi connectivity index (χ1v) is 8.83. The lowest BCUT2D eigenvalue weighted by atomic mass is 9.93. The Labute approximate surface area is 136 Å². The van der Waals surface area contributed by atoms with Gasteiger partial charge in [-0.2, -0.15) is 0 Å². The van der Waals surface area contributed by atoms with Crippen LogP contribution in [0.2, 0.25) is 0 Å². The first kappa shape index (κ1) is 17.6. The molecular weight excluding hydrogens is 314 g/mol. The summed E-state index contributed by atoms with van der Waals surface area (Å²) in [6, 6.07) is 8.89. The van der Waals surface area contributed by atoms with Gasteiger partial charge in [0.2, 0.25) is 0 Å². The SMILES string of the molecule is COP(=O)(O)C=Cc1c(C)cc(C)cc1-c1ccc(F)c(C)c1. The molecule has 0 fully saturated rings. The second-order valence-electron chi connectivity index (χ2n) is 5.57. The fraction of sp³-hybridized carbons (Fsp3) is 0.222. The minimum Gasteiger partial charge on any atom is -0.321 e. The molecule has 2 aromatic carbocycles. The smallest absolute Gasteiger partial charge is 0.321 e. The van der Waals surface area contributed by atoms with Crippen molar-refractivity contribution in [3.63, 3.8) is 0 Å². The molecule has 0 bridgehead atoms. The Kier molecular flexibility index (Phi) is 5.20. The topological polar surface area (TPSA) is 46.5 Å². The standard InChI is InChI=1S/C18H20FO3P/c1-12-9-13(2)16(7-8-23(20,21)22-4)17(10-12)15-5-6-18(19)14(3)11-15/h5-11H,1-4H3,(H,20,21). The molecule has 23 heavy (non-hydrogen) atoms. The predicted octanol–water partition coefficient (Wildman–Crippen LogP) is 5.22. The van der Waals surface area contributed by atoms with Crippen molar-refractivity contribution in [2.45, 2.75) is 20.8 Å². The number of benzene rings is 2. The maximum atomic E-state index is 13.5. The van der Waals surface area contributed by atoms with Gasteiger partial charge in [-0.15, -0.1) is 0 Å². The molecule has 5 heteroatoms. The van der Waals surface area contributed by atoms with Gasteiger partial charge in [0.15, 0.2) is 0 Å². The Morgan fingerprint density at radius 1 is 1.13 bits per heavy atom. The normalized spacial score (nSPS) is 14.2. The van der Waals surface area contributed by atoms with Crippen LogP contribution in [-0.4, -0.2) is 12.0 Å². The van der Waals surface area contributed by atoms with E-state index in [1.54, 1.807) is 25.1 Å². The fourth-order valence-electron chi connectivity index (χ4n) is 2.48. The van der Waals surface area contributed by atoms with Crippen LogP contribution in [0.15, 0.2) is 36.1 Å². The Hall–Kier alpha value is -1.74. The van der Waals surface area contributed by atoms with Gasteiger partial charge in [-0.3, -0.25) is 4.57 Å². The first-order chi connectivity index (χ1) is 10.7. The molecular formula is C18H20FO3P. The second kappa shape index (κ2) is 6.79. The summed E-state index contributed by atoms with van der Waals surface area (Å²) in [7, 11) is -2.55. The predicted molar refractivity (Wildman–Crippen MR) is 91.9 cm³/mol. The van der Waals surface area contributed by atoms with Gasteiger partial charge in [0.1, 0.15) is 5.82 Å². The van der Waals surface area contributed by atoms with Crippen molar-refractivity contribution in [1.82, 2.24) is 0 Å². The Balaban J connectivity index is 2.63. The van der Waals surface area contributed by atoms with Gasteiger partial charge in [-0.1, -0.05) is 23.8 Å². The van der Waals surface area contributed by atoms with Crippen LogP contribution in [0.5, 0.6) is 0 Å². The Morgan fingerprint density at radius 2 is 1.83 bits per heavy atom. The third-order valence-corrected chi connectivity index (χ3v) is 4.74. The lowest BCUT2D eigenvalue weighted by molar-refractivity contribution is 0.327. The summed E-state index contributed by atoms with van der Waals surface area (Å²) >= 11 is 0. The van der Waals surface area contributed by atoms with E-state index >= 15 is 0 Å². The largest absolute Gasteiger partial charge is 0.351 e. The molecule has 0 heterocycles. The van der Waals surface area contributed by atoms with Crippen LogP contribution in [-0.2, 0) is 9.09 Å². The van der Waals surface area contributed by atoms with Gasteiger partial charge in [0.05, 0.1) is 0 Å². The van der Waals surface area contributed by atoms with Crippen LogP contribution in [0, 0.1) is 26.6 Å². The molecule has 0 aliphatic carbocycles. The zero-order valence-corrected chi connectivity index (χ0v) is 14.5. The van der Waals surface area contributed by atoms with Crippen LogP contribution in [0.3, 0.4) is 0 Å². The third-order valence-electron chi connectivity index (χ3n) is 3.69. The van der Waals surface area contributed by atoms with Crippen LogP contribution in [0.4, 0.5) is 4.39 Å². The van der Waals surface area contributed by atoms with Crippen molar-refractivity contribution >= 4 is 13.7 Å². The zero-order valence-electron chi connectivity index (χ0n) is 13.6. The lowest BCUT2D eigenvalue weighted by Gasteiger charge is -2.13. The summed E-state index contributed by atoms with van der Waals surface area (Å²) in [4.78, 5) is 9.57. The second-order valence-corrected chi connectivity index (χ2v) is 7.36. The highest BCUT2D eigenvalue weighted by Crippen LogP contribution is 2.43. The van der Waals surface area contributed by atoms with Crippen LogP contribution >= 0.6 is 7.60 Å².